The molecule has 1 amide bonds. The highest BCUT2D eigenvalue weighted by atomic mass is 16.5. The van der Waals surface area contributed by atoms with Gasteiger partial charge in [-0.2, -0.15) is 10.2 Å². The van der Waals surface area contributed by atoms with Crippen molar-refractivity contribution in [3.05, 3.63) is 69.6 Å². The van der Waals surface area contributed by atoms with Crippen LogP contribution in [0.3, 0.4) is 0 Å². The number of nitrogens with one attached hydrogen (secondary N) is 1. The summed E-state index contributed by atoms with van der Waals surface area (Å²) in [6.45, 7) is 1.82. The zero-order valence-corrected chi connectivity index (χ0v) is 16.1. The van der Waals surface area contributed by atoms with Gasteiger partial charge in [0.2, 0.25) is 5.88 Å². The van der Waals surface area contributed by atoms with Gasteiger partial charge in [0.25, 0.3) is 11.5 Å². The Hall–Kier alpha value is -4.12. The summed E-state index contributed by atoms with van der Waals surface area (Å²) in [4.78, 5) is 29.5. The van der Waals surface area contributed by atoms with Gasteiger partial charge in [0.1, 0.15) is 34.4 Å². The lowest BCUT2D eigenvalue weighted by Gasteiger charge is -2.11. The normalized spacial score (nSPS) is 11.0. The van der Waals surface area contributed by atoms with Gasteiger partial charge in [-0.25, -0.2) is 0 Å². The van der Waals surface area contributed by atoms with Crippen molar-refractivity contribution < 1.29 is 14.3 Å². The summed E-state index contributed by atoms with van der Waals surface area (Å²) in [6.07, 6.45) is 2.75. The minimum Gasteiger partial charge on any atom is -0.497 e. The average Bonchev–Trinajstić information content (AvgIpc) is 2.74. The van der Waals surface area contributed by atoms with Crippen molar-refractivity contribution in [1.82, 2.24) is 14.7 Å². The molecule has 3 aromatic rings. The zero-order valence-electron chi connectivity index (χ0n) is 16.1. The van der Waals surface area contributed by atoms with E-state index < -0.39 is 11.5 Å². The number of hydrogen-bond donors (Lipinski definition) is 1. The maximum Gasteiger partial charge on any atom is 0.269 e. The first kappa shape index (κ1) is 19.6. The molecule has 2 heterocycles. The van der Waals surface area contributed by atoms with E-state index in [9.17, 15) is 14.9 Å². The highest BCUT2D eigenvalue weighted by Crippen LogP contribution is 2.26. The Kier molecular flexibility index (Phi) is 5.60. The first-order valence-corrected chi connectivity index (χ1v) is 8.66. The molecule has 0 bridgehead atoms. The van der Waals surface area contributed by atoms with Gasteiger partial charge in [0.05, 0.1) is 7.11 Å². The van der Waals surface area contributed by atoms with Crippen molar-refractivity contribution in [2.75, 3.05) is 14.2 Å². The number of hydrogen-bond acceptors (Lipinski definition) is 6. The maximum atomic E-state index is 13.1. The van der Waals surface area contributed by atoms with Crippen molar-refractivity contribution in [2.24, 2.45) is 0 Å². The van der Waals surface area contributed by atoms with Crippen LogP contribution in [0.15, 0.2) is 53.0 Å². The molecule has 0 fully saturated rings. The van der Waals surface area contributed by atoms with E-state index in [1.165, 1.54) is 17.5 Å². The van der Waals surface area contributed by atoms with E-state index in [0.29, 0.717) is 17.1 Å². The van der Waals surface area contributed by atoms with Crippen LogP contribution in [-0.4, -0.2) is 29.4 Å². The van der Waals surface area contributed by atoms with E-state index in [1.54, 1.807) is 49.7 Å². The number of benzene rings is 1. The van der Waals surface area contributed by atoms with Gasteiger partial charge in [-0.15, -0.1) is 0 Å². The number of aromatic nitrogens is 2. The Labute approximate surface area is 166 Å². The first-order chi connectivity index (χ1) is 14.0. The number of methoxy groups -OCH3 is 1. The zero-order chi connectivity index (χ0) is 21.0. The molecule has 3 rings (SSSR count). The molecule has 0 saturated heterocycles. The molecule has 1 aromatic carbocycles. The van der Waals surface area contributed by atoms with Crippen molar-refractivity contribution in [3.63, 3.8) is 0 Å². The minimum absolute atomic E-state index is 0.00822. The molecule has 0 unspecified atom stereocenters. The third-order valence-corrected chi connectivity index (χ3v) is 4.20. The molecular weight excluding hydrogens is 372 g/mol. The molecule has 0 aliphatic carbocycles. The molecule has 0 spiro atoms. The minimum atomic E-state index is -0.614. The molecule has 8 heteroatoms. The topological polar surface area (TPSA) is 106 Å². The fourth-order valence-electron chi connectivity index (χ4n) is 2.68. The van der Waals surface area contributed by atoms with Crippen LogP contribution in [0.1, 0.15) is 11.1 Å². The van der Waals surface area contributed by atoms with Crippen LogP contribution in [0.2, 0.25) is 0 Å². The highest BCUT2D eigenvalue weighted by molar-refractivity contribution is 6.01. The van der Waals surface area contributed by atoms with Gasteiger partial charge >= 0.3 is 0 Å². The number of nitriles is 1. The second kappa shape index (κ2) is 8.27. The molecule has 0 aliphatic heterocycles. The fourth-order valence-corrected chi connectivity index (χ4v) is 2.68. The summed E-state index contributed by atoms with van der Waals surface area (Å²) in [7, 11) is 2.95. The van der Waals surface area contributed by atoms with E-state index >= 15 is 0 Å². The van der Waals surface area contributed by atoms with Crippen molar-refractivity contribution in [3.8, 4) is 23.4 Å². The molecular formula is C21H18N4O4. The van der Waals surface area contributed by atoms with Gasteiger partial charge in [0, 0.05) is 13.2 Å². The molecule has 0 atom stereocenters. The quantitative estimate of drug-likeness (QED) is 0.530. The lowest BCUT2D eigenvalue weighted by Crippen LogP contribution is -2.22. The van der Waals surface area contributed by atoms with Gasteiger partial charge in [-0.1, -0.05) is 6.07 Å². The maximum absolute atomic E-state index is 13.1. The molecule has 8 nitrogen and oxygen atoms in total. The standard InChI is InChI=1S/C21H18N4O4/c1-13-5-4-10-25-18(13)24-20(29-16-8-6-15(28-3)7-9-16)17(21(25)27)11-14(12-22)19(26)23-2/h4-11H,1-3H3,(H,23,26). The van der Waals surface area contributed by atoms with E-state index in [4.69, 9.17) is 9.47 Å². The van der Waals surface area contributed by atoms with Gasteiger partial charge in [-0.05, 0) is 48.9 Å². The number of rotatable bonds is 5. The Morgan fingerprint density at radius 1 is 1.24 bits per heavy atom. The third-order valence-electron chi connectivity index (χ3n) is 4.20. The lowest BCUT2D eigenvalue weighted by molar-refractivity contribution is -0.116. The number of amides is 1. The summed E-state index contributed by atoms with van der Waals surface area (Å²) in [5, 5.41) is 11.7. The highest BCUT2D eigenvalue weighted by Gasteiger charge is 2.17. The second-order valence-corrected chi connectivity index (χ2v) is 6.05. The SMILES string of the molecule is CNC(=O)C(C#N)=Cc1c(Oc2ccc(OC)cc2)nc2c(C)cccn2c1=O. The number of fused-ring (bicyclic) bond motifs is 1. The summed E-state index contributed by atoms with van der Waals surface area (Å²) < 4.78 is 12.3. The predicted molar refractivity (Wildman–Crippen MR) is 107 cm³/mol. The summed E-state index contributed by atoms with van der Waals surface area (Å²) in [6, 6.07) is 12.1. The first-order valence-electron chi connectivity index (χ1n) is 8.66. The lowest BCUT2D eigenvalue weighted by atomic mass is 10.1. The summed E-state index contributed by atoms with van der Waals surface area (Å²) >= 11 is 0. The Bertz CT molecular complexity index is 1200. The number of carbonyl (C=O) groups excluding carboxylic acids is 1. The van der Waals surface area contributed by atoms with E-state index in [-0.39, 0.29) is 17.0 Å². The van der Waals surface area contributed by atoms with E-state index in [2.05, 4.69) is 10.3 Å². The summed E-state index contributed by atoms with van der Waals surface area (Å²) in [5.74, 6) is 0.442. The average molecular weight is 390 g/mol. The van der Waals surface area contributed by atoms with Gasteiger partial charge in [-0.3, -0.25) is 14.0 Å². The van der Waals surface area contributed by atoms with Crippen LogP contribution in [0.4, 0.5) is 0 Å². The number of ether oxygens (including phenoxy) is 2. The van der Waals surface area contributed by atoms with E-state index in [1.807, 2.05) is 13.0 Å². The molecule has 2 aromatic heterocycles. The van der Waals surface area contributed by atoms with Crippen molar-refractivity contribution >= 4 is 17.6 Å². The fraction of sp³-hybridized carbons (Fsp3) is 0.143. The van der Waals surface area contributed by atoms with Crippen LogP contribution in [-0.2, 0) is 4.79 Å². The van der Waals surface area contributed by atoms with Crippen LogP contribution in [0, 0.1) is 18.3 Å². The van der Waals surface area contributed by atoms with Gasteiger partial charge < -0.3 is 14.8 Å². The number of pyridine rings is 1. The van der Waals surface area contributed by atoms with Gasteiger partial charge in [0.15, 0.2) is 0 Å². The molecule has 0 aliphatic rings. The third kappa shape index (κ3) is 3.94. The van der Waals surface area contributed by atoms with Crippen molar-refractivity contribution in [2.45, 2.75) is 6.92 Å². The van der Waals surface area contributed by atoms with Crippen LogP contribution < -0.4 is 20.3 Å². The molecule has 0 radical (unpaired) electrons. The number of aryl methyl sites for hydroxylation is 1. The number of nitrogens with zero attached hydrogens (tertiary/aromatic N) is 3. The van der Waals surface area contributed by atoms with Crippen LogP contribution >= 0.6 is 0 Å². The molecule has 0 saturated carbocycles. The monoisotopic (exact) mass is 390 g/mol. The Balaban J connectivity index is 2.23. The second-order valence-electron chi connectivity index (χ2n) is 6.05. The molecule has 1 N–H and O–H groups in total. The van der Waals surface area contributed by atoms with E-state index in [0.717, 1.165) is 5.56 Å². The molecule has 29 heavy (non-hydrogen) atoms. The Morgan fingerprint density at radius 3 is 2.55 bits per heavy atom. The van der Waals surface area contributed by atoms with Crippen molar-refractivity contribution in [1.29, 1.82) is 5.26 Å². The molecule has 146 valence electrons. The Morgan fingerprint density at radius 2 is 1.93 bits per heavy atom. The predicted octanol–water partition coefficient (Wildman–Crippen LogP) is 2.46. The summed E-state index contributed by atoms with van der Waals surface area (Å²) in [5.41, 5.74) is 0.477. The number of likely N-dealkylation sites (N-methyl/N-ethyl adjacent to an activating group) is 1. The number of carbonyl (C=O) groups is 1. The largest absolute Gasteiger partial charge is 0.497 e. The van der Waals surface area contributed by atoms with Crippen LogP contribution in [0.25, 0.3) is 11.7 Å². The van der Waals surface area contributed by atoms with Crippen LogP contribution in [0.5, 0.6) is 17.4 Å². The smallest absolute Gasteiger partial charge is 0.269 e.